The lowest BCUT2D eigenvalue weighted by atomic mass is 9.74. The van der Waals surface area contributed by atoms with Crippen molar-refractivity contribution >= 4 is 23.9 Å². The molecule has 0 aromatic heterocycles. The Labute approximate surface area is 146 Å². The van der Waals surface area contributed by atoms with Crippen molar-refractivity contribution < 1.29 is 33.4 Å². The van der Waals surface area contributed by atoms with E-state index in [0.29, 0.717) is 22.6 Å². The highest BCUT2D eigenvalue weighted by Gasteiger charge is 2.42. The maximum Gasteiger partial charge on any atom is 0.347 e. The zero-order chi connectivity index (χ0) is 18.4. The second-order valence-corrected chi connectivity index (χ2v) is 6.87. The molecule has 0 bridgehead atoms. The lowest BCUT2D eigenvalue weighted by Crippen LogP contribution is -2.25. The third-order valence-corrected chi connectivity index (χ3v) is 5.06. The monoisotopic (exact) mass is 350 g/mol. The second-order valence-electron chi connectivity index (χ2n) is 6.87. The summed E-state index contributed by atoms with van der Waals surface area (Å²) in [7, 11) is 0. The van der Waals surface area contributed by atoms with Crippen molar-refractivity contribution in [2.45, 2.75) is 19.3 Å². The number of fused-ring (bicyclic) bond motifs is 4. The summed E-state index contributed by atoms with van der Waals surface area (Å²) in [6, 6.07) is 6.10. The van der Waals surface area contributed by atoms with Crippen LogP contribution < -0.4 is 4.74 Å². The first-order valence-electron chi connectivity index (χ1n) is 7.85. The summed E-state index contributed by atoms with van der Waals surface area (Å²) in [5, 5.41) is 0. The molecule has 2 aromatic rings. The molecule has 0 amide bonds. The Morgan fingerprint density at radius 1 is 0.577 bits per heavy atom. The summed E-state index contributed by atoms with van der Waals surface area (Å²) in [6.07, 6.45) is 0. The molecule has 0 spiro atoms. The number of esters is 4. The number of carbonyl (C=O) groups excluding carboxylic acids is 4. The van der Waals surface area contributed by atoms with Gasteiger partial charge in [0.2, 0.25) is 0 Å². The summed E-state index contributed by atoms with van der Waals surface area (Å²) in [4.78, 5) is 47.3. The molecule has 0 atom stereocenters. The molecule has 0 radical (unpaired) electrons. The summed E-state index contributed by atoms with van der Waals surface area (Å²) >= 11 is 0. The van der Waals surface area contributed by atoms with Crippen molar-refractivity contribution in [2.24, 2.45) is 0 Å². The zero-order valence-electron chi connectivity index (χ0n) is 13.7. The first-order chi connectivity index (χ1) is 12.3. The number of benzene rings is 2. The number of ether oxygens (including phenoxy) is 3. The molecule has 0 fully saturated rings. The van der Waals surface area contributed by atoms with Crippen LogP contribution in [0.1, 0.15) is 66.4 Å². The van der Waals surface area contributed by atoms with Gasteiger partial charge in [0.1, 0.15) is 11.5 Å². The summed E-state index contributed by atoms with van der Waals surface area (Å²) in [5.41, 5.74) is 1.35. The van der Waals surface area contributed by atoms with Gasteiger partial charge in [-0.25, -0.2) is 19.2 Å². The van der Waals surface area contributed by atoms with Crippen LogP contribution >= 0.6 is 0 Å². The smallest absolute Gasteiger partial charge is 0.347 e. The molecule has 0 aliphatic carbocycles. The Morgan fingerprint density at radius 2 is 0.923 bits per heavy atom. The van der Waals surface area contributed by atoms with Crippen molar-refractivity contribution in [3.05, 3.63) is 57.6 Å². The molecule has 0 saturated heterocycles. The molecular formula is C19H10O7. The van der Waals surface area contributed by atoms with Gasteiger partial charge in [-0.05, 0) is 24.3 Å². The summed E-state index contributed by atoms with van der Waals surface area (Å²) < 4.78 is 15.2. The standard InChI is InChI=1S/C19H10O7/c1-19(2)11-3-7-9(17(22)25-15(7)20)5-13(11)24-14-6-10-8(4-12(14)19)16(21)26-18(10)23/h3-6H,1-2H3. The normalized spacial score (nSPS) is 18.4. The second kappa shape index (κ2) is 4.37. The minimum absolute atomic E-state index is 0.142. The van der Waals surface area contributed by atoms with Gasteiger partial charge >= 0.3 is 23.9 Å². The van der Waals surface area contributed by atoms with Crippen LogP contribution in [-0.2, 0) is 14.9 Å². The Bertz CT molecular complexity index is 1020. The topological polar surface area (TPSA) is 96.0 Å². The van der Waals surface area contributed by atoms with E-state index in [9.17, 15) is 19.2 Å². The van der Waals surface area contributed by atoms with E-state index in [1.165, 1.54) is 12.1 Å². The lowest BCUT2D eigenvalue weighted by Gasteiger charge is -2.34. The van der Waals surface area contributed by atoms with Crippen LogP contribution in [-0.4, -0.2) is 23.9 Å². The molecule has 0 unspecified atom stereocenters. The highest BCUT2D eigenvalue weighted by atomic mass is 16.6. The first-order valence-corrected chi connectivity index (χ1v) is 7.85. The zero-order valence-corrected chi connectivity index (χ0v) is 13.7. The minimum atomic E-state index is -0.719. The molecule has 3 aliphatic rings. The van der Waals surface area contributed by atoms with Gasteiger partial charge in [-0.15, -0.1) is 0 Å². The average Bonchev–Trinajstić information content (AvgIpc) is 3.01. The molecule has 0 N–H and O–H groups in total. The first kappa shape index (κ1) is 14.8. The van der Waals surface area contributed by atoms with E-state index in [0.717, 1.165) is 0 Å². The van der Waals surface area contributed by atoms with Crippen LogP contribution in [0.4, 0.5) is 0 Å². The van der Waals surface area contributed by atoms with Gasteiger partial charge in [-0.3, -0.25) is 0 Å². The average molecular weight is 350 g/mol. The Morgan fingerprint density at radius 3 is 1.31 bits per heavy atom. The third-order valence-electron chi connectivity index (χ3n) is 5.06. The van der Waals surface area contributed by atoms with Gasteiger partial charge in [0, 0.05) is 16.5 Å². The number of cyclic esters (lactones) is 4. The van der Waals surface area contributed by atoms with Crippen molar-refractivity contribution in [1.29, 1.82) is 0 Å². The van der Waals surface area contributed by atoms with Crippen LogP contribution in [0, 0.1) is 0 Å². The molecule has 3 aliphatic heterocycles. The van der Waals surface area contributed by atoms with Crippen LogP contribution in [0.3, 0.4) is 0 Å². The Balaban J connectivity index is 1.76. The molecule has 7 heteroatoms. The van der Waals surface area contributed by atoms with Gasteiger partial charge in [-0.1, -0.05) is 13.8 Å². The highest BCUT2D eigenvalue weighted by Crippen LogP contribution is 2.50. The molecular weight excluding hydrogens is 340 g/mol. The van der Waals surface area contributed by atoms with Gasteiger partial charge in [0.15, 0.2) is 0 Å². The predicted molar refractivity (Wildman–Crippen MR) is 84.6 cm³/mol. The van der Waals surface area contributed by atoms with Crippen molar-refractivity contribution in [1.82, 2.24) is 0 Å². The Hall–Kier alpha value is -3.48. The van der Waals surface area contributed by atoms with Crippen molar-refractivity contribution in [3.63, 3.8) is 0 Å². The van der Waals surface area contributed by atoms with E-state index in [2.05, 4.69) is 9.47 Å². The van der Waals surface area contributed by atoms with Gasteiger partial charge in [0.05, 0.1) is 22.3 Å². The third kappa shape index (κ3) is 1.67. The van der Waals surface area contributed by atoms with Crippen molar-refractivity contribution in [2.75, 3.05) is 0 Å². The quantitative estimate of drug-likeness (QED) is 0.532. The van der Waals surface area contributed by atoms with E-state index in [4.69, 9.17) is 4.74 Å². The van der Waals surface area contributed by atoms with E-state index < -0.39 is 29.3 Å². The SMILES string of the molecule is CC1(C)c2cc3c(cc2Oc2cc4c(cc21)C(=O)OC4=O)C(=O)OC3=O. The molecule has 5 rings (SSSR count). The molecule has 7 nitrogen and oxygen atoms in total. The van der Waals surface area contributed by atoms with Crippen LogP contribution in [0.2, 0.25) is 0 Å². The van der Waals surface area contributed by atoms with Gasteiger partial charge in [-0.2, -0.15) is 0 Å². The fourth-order valence-electron chi connectivity index (χ4n) is 3.63. The molecule has 128 valence electrons. The number of rotatable bonds is 0. The molecule has 2 aromatic carbocycles. The Kier molecular flexibility index (Phi) is 2.49. The predicted octanol–water partition coefficient (Wildman–Crippen LogP) is 2.74. The molecule has 0 saturated carbocycles. The largest absolute Gasteiger partial charge is 0.457 e. The van der Waals surface area contributed by atoms with E-state index in [1.54, 1.807) is 12.1 Å². The maximum absolute atomic E-state index is 11.9. The fourth-order valence-corrected chi connectivity index (χ4v) is 3.63. The summed E-state index contributed by atoms with van der Waals surface area (Å²) in [6.45, 7) is 3.80. The molecule has 3 heterocycles. The van der Waals surface area contributed by atoms with Crippen LogP contribution in [0.5, 0.6) is 11.5 Å². The minimum Gasteiger partial charge on any atom is -0.457 e. The molecule has 26 heavy (non-hydrogen) atoms. The number of carbonyl (C=O) groups is 4. The van der Waals surface area contributed by atoms with Crippen molar-refractivity contribution in [3.8, 4) is 11.5 Å². The van der Waals surface area contributed by atoms with E-state index in [-0.39, 0.29) is 22.3 Å². The van der Waals surface area contributed by atoms with Crippen LogP contribution in [0.15, 0.2) is 24.3 Å². The fraction of sp³-hybridized carbons (Fsp3) is 0.158. The number of hydrogen-bond acceptors (Lipinski definition) is 7. The summed E-state index contributed by atoms with van der Waals surface area (Å²) in [5.74, 6) is -2.04. The lowest BCUT2D eigenvalue weighted by molar-refractivity contribution is 0.0425. The van der Waals surface area contributed by atoms with Gasteiger partial charge < -0.3 is 14.2 Å². The number of hydrogen-bond donors (Lipinski definition) is 0. The van der Waals surface area contributed by atoms with E-state index >= 15 is 0 Å². The highest BCUT2D eigenvalue weighted by molar-refractivity contribution is 6.16. The van der Waals surface area contributed by atoms with E-state index in [1.807, 2.05) is 13.8 Å². The van der Waals surface area contributed by atoms with Crippen LogP contribution in [0.25, 0.3) is 0 Å². The van der Waals surface area contributed by atoms with Gasteiger partial charge in [0.25, 0.3) is 0 Å². The maximum atomic E-state index is 11.9.